The first kappa shape index (κ1) is 16.3. The lowest BCUT2D eigenvalue weighted by Gasteiger charge is -2.32. The number of hydrogen-bond acceptors (Lipinski definition) is 3. The first-order valence-corrected chi connectivity index (χ1v) is 8.25. The maximum absolute atomic E-state index is 12.0. The minimum atomic E-state index is -0.848. The molecule has 0 radical (unpaired) electrons. The fraction of sp³-hybridized carbons (Fsp3) is 0.875. The van der Waals surface area contributed by atoms with E-state index >= 15 is 0 Å². The van der Waals surface area contributed by atoms with Gasteiger partial charge in [0.2, 0.25) is 5.91 Å². The number of carboxylic acid groups (broad SMARTS) is 1. The van der Waals surface area contributed by atoms with Gasteiger partial charge in [-0.25, -0.2) is 0 Å². The summed E-state index contributed by atoms with van der Waals surface area (Å²) in [4.78, 5) is 22.9. The Hall–Kier alpha value is -1.10. The maximum atomic E-state index is 12.0. The minimum Gasteiger partial charge on any atom is -0.481 e. The van der Waals surface area contributed by atoms with Crippen LogP contribution in [0.25, 0.3) is 0 Å². The second-order valence-electron chi connectivity index (χ2n) is 6.25. The van der Waals surface area contributed by atoms with Crippen LogP contribution in [0.3, 0.4) is 0 Å². The number of rotatable bonds is 8. The molecule has 5 nitrogen and oxygen atoms in total. The van der Waals surface area contributed by atoms with Gasteiger partial charge in [-0.15, -0.1) is 0 Å². The molecule has 2 rings (SSSR count). The highest BCUT2D eigenvalue weighted by atomic mass is 16.5. The van der Waals surface area contributed by atoms with E-state index < -0.39 is 11.9 Å². The fourth-order valence-electron chi connectivity index (χ4n) is 3.58. The molecule has 2 N–H and O–H groups in total. The number of ether oxygens (including phenoxy) is 1. The lowest BCUT2D eigenvalue weighted by Crippen LogP contribution is -2.44. The van der Waals surface area contributed by atoms with Gasteiger partial charge in [-0.1, -0.05) is 12.8 Å². The van der Waals surface area contributed by atoms with Crippen LogP contribution in [0.1, 0.15) is 51.9 Å². The molecule has 0 aromatic carbocycles. The third-order valence-corrected chi connectivity index (χ3v) is 4.96. The Balaban J connectivity index is 1.71. The van der Waals surface area contributed by atoms with Crippen molar-refractivity contribution >= 4 is 11.9 Å². The predicted molar refractivity (Wildman–Crippen MR) is 78.8 cm³/mol. The van der Waals surface area contributed by atoms with Gasteiger partial charge in [0.15, 0.2) is 0 Å². The van der Waals surface area contributed by atoms with Gasteiger partial charge in [0.25, 0.3) is 0 Å². The van der Waals surface area contributed by atoms with E-state index in [0.29, 0.717) is 31.9 Å². The van der Waals surface area contributed by atoms with Crippen LogP contribution in [-0.2, 0) is 14.3 Å². The third-order valence-electron chi connectivity index (χ3n) is 4.96. The molecule has 1 amide bonds. The zero-order chi connectivity index (χ0) is 15.2. The number of aliphatic carboxylic acids is 1. The van der Waals surface area contributed by atoms with Crippen molar-refractivity contribution in [2.45, 2.75) is 58.0 Å². The third kappa shape index (κ3) is 4.19. The lowest BCUT2D eigenvalue weighted by molar-refractivity contribution is -0.152. The molecule has 21 heavy (non-hydrogen) atoms. The number of carbonyl (C=O) groups excluding carboxylic acids is 1. The molecule has 0 aromatic heterocycles. The van der Waals surface area contributed by atoms with Crippen LogP contribution >= 0.6 is 0 Å². The molecule has 2 aliphatic carbocycles. The van der Waals surface area contributed by atoms with Crippen molar-refractivity contribution < 1.29 is 19.4 Å². The van der Waals surface area contributed by atoms with Gasteiger partial charge in [-0.2, -0.15) is 0 Å². The number of carbonyl (C=O) groups is 2. The van der Waals surface area contributed by atoms with E-state index in [4.69, 9.17) is 9.84 Å². The highest BCUT2D eigenvalue weighted by Gasteiger charge is 2.41. The van der Waals surface area contributed by atoms with Gasteiger partial charge < -0.3 is 15.2 Å². The van der Waals surface area contributed by atoms with Crippen molar-refractivity contribution in [3.05, 3.63) is 0 Å². The zero-order valence-corrected chi connectivity index (χ0v) is 12.8. The molecule has 0 aliphatic heterocycles. The topological polar surface area (TPSA) is 75.6 Å². The summed E-state index contributed by atoms with van der Waals surface area (Å²) in [7, 11) is 0. The summed E-state index contributed by atoms with van der Waals surface area (Å²) >= 11 is 0. The second-order valence-corrected chi connectivity index (χ2v) is 6.25. The molecule has 3 unspecified atom stereocenters. The average Bonchev–Trinajstić information content (AvgIpc) is 2.89. The number of nitrogens with one attached hydrogen (secondary N) is 1. The molecule has 120 valence electrons. The molecular weight excluding hydrogens is 270 g/mol. The highest BCUT2D eigenvalue weighted by molar-refractivity contribution is 5.86. The molecule has 0 bridgehead atoms. The number of amides is 1. The van der Waals surface area contributed by atoms with Crippen molar-refractivity contribution in [3.63, 3.8) is 0 Å². The lowest BCUT2D eigenvalue weighted by atomic mass is 9.73. The molecule has 0 aromatic rings. The van der Waals surface area contributed by atoms with Crippen molar-refractivity contribution in [2.24, 2.45) is 17.8 Å². The molecule has 2 fully saturated rings. The normalized spacial score (nSPS) is 27.1. The molecule has 2 saturated carbocycles. The van der Waals surface area contributed by atoms with Gasteiger partial charge in [0, 0.05) is 13.2 Å². The summed E-state index contributed by atoms with van der Waals surface area (Å²) < 4.78 is 5.82. The van der Waals surface area contributed by atoms with Gasteiger partial charge in [0.05, 0.1) is 17.9 Å². The standard InChI is InChI=1S/C16H27NO4/c1-2-21-14(11-5-3-4-6-11)9-10-17-15(18)12-7-8-13(12)16(19)20/h11-14H,2-10H2,1H3,(H,17,18)(H,19,20). The Morgan fingerprint density at radius 3 is 2.38 bits per heavy atom. The second kappa shape index (κ2) is 7.78. The van der Waals surface area contributed by atoms with Crippen molar-refractivity contribution in [1.29, 1.82) is 0 Å². The summed E-state index contributed by atoms with van der Waals surface area (Å²) in [5.41, 5.74) is 0. The smallest absolute Gasteiger partial charge is 0.307 e. The van der Waals surface area contributed by atoms with E-state index in [1.54, 1.807) is 0 Å². The summed E-state index contributed by atoms with van der Waals surface area (Å²) in [6, 6.07) is 0. The van der Waals surface area contributed by atoms with E-state index in [9.17, 15) is 9.59 Å². The minimum absolute atomic E-state index is 0.102. The van der Waals surface area contributed by atoms with Gasteiger partial charge in [-0.05, 0) is 44.9 Å². The van der Waals surface area contributed by atoms with E-state index in [1.807, 2.05) is 6.92 Å². The predicted octanol–water partition coefficient (Wildman–Crippen LogP) is 2.20. The van der Waals surface area contributed by atoms with E-state index in [-0.39, 0.29) is 17.9 Å². The van der Waals surface area contributed by atoms with Crippen LogP contribution in [0, 0.1) is 17.8 Å². The Morgan fingerprint density at radius 1 is 1.19 bits per heavy atom. The molecule has 5 heteroatoms. The molecule has 2 aliphatic rings. The van der Waals surface area contributed by atoms with E-state index in [2.05, 4.69) is 5.32 Å². The van der Waals surface area contributed by atoms with Crippen LogP contribution in [0.2, 0.25) is 0 Å². The molecule has 0 spiro atoms. The van der Waals surface area contributed by atoms with Crippen molar-refractivity contribution in [1.82, 2.24) is 5.32 Å². The largest absolute Gasteiger partial charge is 0.481 e. The summed E-state index contributed by atoms with van der Waals surface area (Å²) in [5, 5.41) is 11.9. The number of hydrogen-bond donors (Lipinski definition) is 2. The van der Waals surface area contributed by atoms with Gasteiger partial charge >= 0.3 is 5.97 Å². The Bertz CT molecular complexity index is 365. The van der Waals surface area contributed by atoms with Gasteiger partial charge in [0.1, 0.15) is 0 Å². The molecular formula is C16H27NO4. The monoisotopic (exact) mass is 297 g/mol. The maximum Gasteiger partial charge on any atom is 0.307 e. The SMILES string of the molecule is CCOC(CCNC(=O)C1CCC1C(=O)O)C1CCCC1. The first-order valence-electron chi connectivity index (χ1n) is 8.25. The number of carboxylic acids is 1. The average molecular weight is 297 g/mol. The van der Waals surface area contributed by atoms with Crippen LogP contribution in [-0.4, -0.2) is 36.2 Å². The van der Waals surface area contributed by atoms with E-state index in [1.165, 1.54) is 25.7 Å². The molecule has 3 atom stereocenters. The van der Waals surface area contributed by atoms with Crippen LogP contribution in [0.5, 0.6) is 0 Å². The van der Waals surface area contributed by atoms with Crippen LogP contribution in [0.15, 0.2) is 0 Å². The van der Waals surface area contributed by atoms with Crippen molar-refractivity contribution in [2.75, 3.05) is 13.2 Å². The van der Waals surface area contributed by atoms with Gasteiger partial charge in [-0.3, -0.25) is 9.59 Å². The van der Waals surface area contributed by atoms with Crippen LogP contribution in [0.4, 0.5) is 0 Å². The Kier molecular flexibility index (Phi) is 6.03. The Morgan fingerprint density at radius 2 is 1.86 bits per heavy atom. The summed E-state index contributed by atoms with van der Waals surface area (Å²) in [6.45, 7) is 3.30. The molecule has 0 saturated heterocycles. The van der Waals surface area contributed by atoms with Crippen molar-refractivity contribution in [3.8, 4) is 0 Å². The van der Waals surface area contributed by atoms with Crippen LogP contribution < -0.4 is 5.32 Å². The first-order chi connectivity index (χ1) is 10.1. The highest BCUT2D eigenvalue weighted by Crippen LogP contribution is 2.34. The summed E-state index contributed by atoms with van der Waals surface area (Å²) in [6.07, 6.45) is 7.39. The fourth-order valence-corrected chi connectivity index (χ4v) is 3.58. The zero-order valence-electron chi connectivity index (χ0n) is 12.8. The summed E-state index contributed by atoms with van der Waals surface area (Å²) in [5.74, 6) is -1.14. The Labute approximate surface area is 126 Å². The quantitative estimate of drug-likeness (QED) is 0.720. The van der Waals surface area contributed by atoms with E-state index in [0.717, 1.165) is 6.42 Å². The molecule has 0 heterocycles.